The van der Waals surface area contributed by atoms with Gasteiger partial charge in [0.25, 0.3) is 0 Å². The SMILES string of the molecule is CC(N)CC(=O)N1CCN(Cc2cscn2)CC1. The van der Waals surface area contributed by atoms with Crippen LogP contribution in [0.4, 0.5) is 0 Å². The number of thiazole rings is 1. The highest BCUT2D eigenvalue weighted by molar-refractivity contribution is 7.07. The van der Waals surface area contributed by atoms with Crippen LogP contribution in [0.15, 0.2) is 10.9 Å². The van der Waals surface area contributed by atoms with Crippen molar-refractivity contribution in [1.82, 2.24) is 14.8 Å². The Morgan fingerprint density at radius 2 is 2.22 bits per heavy atom. The lowest BCUT2D eigenvalue weighted by atomic mass is 10.2. The van der Waals surface area contributed by atoms with Gasteiger partial charge in [-0.2, -0.15) is 0 Å². The number of hydrogen-bond acceptors (Lipinski definition) is 5. The maximum absolute atomic E-state index is 11.8. The fourth-order valence-electron chi connectivity index (χ4n) is 2.10. The van der Waals surface area contributed by atoms with Crippen molar-refractivity contribution in [2.24, 2.45) is 5.73 Å². The second-order valence-corrected chi connectivity index (χ2v) is 5.54. The molecule has 0 aromatic carbocycles. The van der Waals surface area contributed by atoms with Gasteiger partial charge in [0.1, 0.15) is 0 Å². The van der Waals surface area contributed by atoms with Gasteiger partial charge in [0.2, 0.25) is 5.91 Å². The van der Waals surface area contributed by atoms with Crippen molar-refractivity contribution in [2.75, 3.05) is 26.2 Å². The minimum Gasteiger partial charge on any atom is -0.340 e. The molecule has 1 aliphatic rings. The van der Waals surface area contributed by atoms with Crippen molar-refractivity contribution in [2.45, 2.75) is 25.9 Å². The van der Waals surface area contributed by atoms with Gasteiger partial charge in [0, 0.05) is 50.6 Å². The van der Waals surface area contributed by atoms with E-state index in [1.165, 1.54) is 0 Å². The third kappa shape index (κ3) is 3.76. The molecule has 2 heterocycles. The van der Waals surface area contributed by atoms with E-state index in [1.54, 1.807) is 11.3 Å². The largest absolute Gasteiger partial charge is 0.340 e. The van der Waals surface area contributed by atoms with Gasteiger partial charge in [-0.15, -0.1) is 11.3 Å². The summed E-state index contributed by atoms with van der Waals surface area (Å²) in [4.78, 5) is 20.4. The number of amides is 1. The molecule has 0 aliphatic carbocycles. The summed E-state index contributed by atoms with van der Waals surface area (Å²) in [6, 6.07) is -0.0504. The molecule has 1 atom stereocenters. The molecule has 18 heavy (non-hydrogen) atoms. The quantitative estimate of drug-likeness (QED) is 0.865. The van der Waals surface area contributed by atoms with Gasteiger partial charge >= 0.3 is 0 Å². The second kappa shape index (κ2) is 6.26. The molecule has 1 saturated heterocycles. The van der Waals surface area contributed by atoms with Crippen molar-refractivity contribution in [3.05, 3.63) is 16.6 Å². The Kier molecular flexibility index (Phi) is 4.68. The molecule has 0 spiro atoms. The molecule has 2 rings (SSSR count). The molecule has 100 valence electrons. The van der Waals surface area contributed by atoms with E-state index in [0.29, 0.717) is 6.42 Å². The van der Waals surface area contributed by atoms with Gasteiger partial charge in [-0.05, 0) is 6.92 Å². The topological polar surface area (TPSA) is 62.5 Å². The summed E-state index contributed by atoms with van der Waals surface area (Å²) in [5, 5.41) is 2.08. The minimum absolute atomic E-state index is 0.0504. The molecule has 1 aliphatic heterocycles. The van der Waals surface area contributed by atoms with Crippen molar-refractivity contribution >= 4 is 17.2 Å². The van der Waals surface area contributed by atoms with E-state index in [4.69, 9.17) is 5.73 Å². The first kappa shape index (κ1) is 13.5. The first-order chi connectivity index (χ1) is 8.65. The van der Waals surface area contributed by atoms with Gasteiger partial charge < -0.3 is 10.6 Å². The monoisotopic (exact) mass is 268 g/mol. The highest BCUT2D eigenvalue weighted by Crippen LogP contribution is 2.09. The van der Waals surface area contributed by atoms with Gasteiger partial charge in [0.05, 0.1) is 11.2 Å². The third-order valence-corrected chi connectivity index (χ3v) is 3.73. The summed E-state index contributed by atoms with van der Waals surface area (Å²) in [5.74, 6) is 0.179. The minimum atomic E-state index is -0.0504. The Balaban J connectivity index is 1.76. The number of aromatic nitrogens is 1. The van der Waals surface area contributed by atoms with Crippen LogP contribution in [0.2, 0.25) is 0 Å². The zero-order valence-electron chi connectivity index (χ0n) is 10.7. The zero-order valence-corrected chi connectivity index (χ0v) is 11.5. The molecule has 0 saturated carbocycles. The zero-order chi connectivity index (χ0) is 13.0. The van der Waals surface area contributed by atoms with Gasteiger partial charge in [-0.25, -0.2) is 4.98 Å². The summed E-state index contributed by atoms with van der Waals surface area (Å²) < 4.78 is 0. The number of carbonyl (C=O) groups is 1. The molecule has 0 bridgehead atoms. The van der Waals surface area contributed by atoms with E-state index >= 15 is 0 Å². The maximum Gasteiger partial charge on any atom is 0.224 e. The number of nitrogens with two attached hydrogens (primary N) is 1. The summed E-state index contributed by atoms with van der Waals surface area (Å²) in [5.41, 5.74) is 8.63. The number of hydrogen-bond donors (Lipinski definition) is 1. The molecule has 1 aromatic rings. The molecule has 1 fully saturated rings. The maximum atomic E-state index is 11.8. The Morgan fingerprint density at radius 1 is 1.50 bits per heavy atom. The first-order valence-electron chi connectivity index (χ1n) is 6.28. The van der Waals surface area contributed by atoms with E-state index < -0.39 is 0 Å². The molecule has 1 amide bonds. The predicted molar refractivity (Wildman–Crippen MR) is 72.2 cm³/mol. The predicted octanol–water partition coefficient (Wildman–Crippen LogP) is 0.525. The molecular formula is C12H20N4OS. The van der Waals surface area contributed by atoms with Crippen LogP contribution < -0.4 is 5.73 Å². The lowest BCUT2D eigenvalue weighted by molar-refractivity contribution is -0.133. The van der Waals surface area contributed by atoms with Crippen molar-refractivity contribution in [3.8, 4) is 0 Å². The van der Waals surface area contributed by atoms with Crippen LogP contribution in [0.5, 0.6) is 0 Å². The summed E-state index contributed by atoms with van der Waals surface area (Å²) in [7, 11) is 0. The fraction of sp³-hybridized carbons (Fsp3) is 0.667. The smallest absolute Gasteiger partial charge is 0.224 e. The Hall–Kier alpha value is -0.980. The number of piperazine rings is 1. The second-order valence-electron chi connectivity index (χ2n) is 4.82. The van der Waals surface area contributed by atoms with E-state index in [-0.39, 0.29) is 11.9 Å². The van der Waals surface area contributed by atoms with Crippen LogP contribution in [-0.4, -0.2) is 52.9 Å². The van der Waals surface area contributed by atoms with Crippen molar-refractivity contribution in [3.63, 3.8) is 0 Å². The fourth-order valence-corrected chi connectivity index (χ4v) is 2.65. The van der Waals surface area contributed by atoms with Crippen molar-refractivity contribution in [1.29, 1.82) is 0 Å². The standard InChI is InChI=1S/C12H20N4OS/c1-10(13)6-12(17)16-4-2-15(3-5-16)7-11-8-18-9-14-11/h8-10H,2-7,13H2,1H3. The average molecular weight is 268 g/mol. The third-order valence-electron chi connectivity index (χ3n) is 3.09. The Morgan fingerprint density at radius 3 is 2.78 bits per heavy atom. The Labute approximate surface area is 112 Å². The van der Waals surface area contributed by atoms with E-state index in [1.807, 2.05) is 17.3 Å². The number of nitrogens with zero attached hydrogens (tertiary/aromatic N) is 3. The van der Waals surface area contributed by atoms with E-state index in [9.17, 15) is 4.79 Å². The molecule has 2 N–H and O–H groups in total. The van der Waals surface area contributed by atoms with E-state index in [2.05, 4.69) is 15.3 Å². The van der Waals surface area contributed by atoms with Crippen LogP contribution in [0.25, 0.3) is 0 Å². The van der Waals surface area contributed by atoms with Crippen LogP contribution in [0.1, 0.15) is 19.0 Å². The molecule has 6 heteroatoms. The Bertz CT molecular complexity index is 371. The van der Waals surface area contributed by atoms with Gasteiger partial charge in [-0.3, -0.25) is 9.69 Å². The molecular weight excluding hydrogens is 248 g/mol. The van der Waals surface area contributed by atoms with Crippen LogP contribution in [0, 0.1) is 0 Å². The molecule has 1 unspecified atom stereocenters. The van der Waals surface area contributed by atoms with Crippen molar-refractivity contribution < 1.29 is 4.79 Å². The molecule has 5 nitrogen and oxygen atoms in total. The van der Waals surface area contributed by atoms with E-state index in [0.717, 1.165) is 38.4 Å². The van der Waals surface area contributed by atoms with Crippen LogP contribution in [-0.2, 0) is 11.3 Å². The molecule has 1 aromatic heterocycles. The lowest BCUT2D eigenvalue weighted by Gasteiger charge is -2.34. The van der Waals surface area contributed by atoms with Gasteiger partial charge in [-0.1, -0.05) is 0 Å². The first-order valence-corrected chi connectivity index (χ1v) is 7.22. The summed E-state index contributed by atoms with van der Waals surface area (Å²) >= 11 is 1.62. The normalized spacial score (nSPS) is 18.9. The number of carbonyl (C=O) groups excluding carboxylic acids is 1. The molecule has 0 radical (unpaired) electrons. The van der Waals surface area contributed by atoms with Gasteiger partial charge in [0.15, 0.2) is 0 Å². The number of rotatable bonds is 4. The highest BCUT2D eigenvalue weighted by Gasteiger charge is 2.21. The summed E-state index contributed by atoms with van der Waals surface area (Å²) in [6.07, 6.45) is 0.450. The van der Waals surface area contributed by atoms with Crippen LogP contribution >= 0.6 is 11.3 Å². The lowest BCUT2D eigenvalue weighted by Crippen LogP contribution is -2.49. The van der Waals surface area contributed by atoms with Crippen LogP contribution in [0.3, 0.4) is 0 Å². The average Bonchev–Trinajstić information content (AvgIpc) is 2.82. The highest BCUT2D eigenvalue weighted by atomic mass is 32.1. The summed E-state index contributed by atoms with van der Waals surface area (Å²) in [6.45, 7) is 6.20.